The van der Waals surface area contributed by atoms with Crippen molar-refractivity contribution in [2.45, 2.75) is 26.6 Å². The molecule has 74 valence electrons. The van der Waals surface area contributed by atoms with Gasteiger partial charge in [-0.15, -0.1) is 0 Å². The van der Waals surface area contributed by atoms with Crippen molar-refractivity contribution in [1.29, 1.82) is 0 Å². The number of hydrogen-bond acceptors (Lipinski definition) is 1. The van der Waals surface area contributed by atoms with Crippen molar-refractivity contribution >= 4 is 24.4 Å². The van der Waals surface area contributed by atoms with Gasteiger partial charge in [-0.1, -0.05) is 19.6 Å². The standard InChI is InChI=1S/C11H16N2Si/c1-8-9-6-5-7-12-10(9)13-11(8)14(2,3)4/h5-7H,1-4H3,(H,12,13). The molecule has 0 saturated heterocycles. The molecule has 0 spiro atoms. The molecule has 0 saturated carbocycles. The molecule has 0 bridgehead atoms. The van der Waals surface area contributed by atoms with Gasteiger partial charge in [-0.25, -0.2) is 4.98 Å². The van der Waals surface area contributed by atoms with Gasteiger partial charge in [-0.3, -0.25) is 0 Å². The van der Waals surface area contributed by atoms with Crippen LogP contribution in [0.25, 0.3) is 11.0 Å². The van der Waals surface area contributed by atoms with Crippen LogP contribution in [0.3, 0.4) is 0 Å². The number of fused-ring (bicyclic) bond motifs is 1. The number of aromatic amines is 1. The minimum absolute atomic E-state index is 1.03. The molecule has 0 aromatic carbocycles. The number of nitrogens with zero attached hydrogens (tertiary/aromatic N) is 1. The topological polar surface area (TPSA) is 28.7 Å². The van der Waals surface area contributed by atoms with Gasteiger partial charge in [0.25, 0.3) is 0 Å². The Hall–Kier alpha value is -1.09. The quantitative estimate of drug-likeness (QED) is 0.710. The summed E-state index contributed by atoms with van der Waals surface area (Å²) in [6.45, 7) is 9.24. The number of pyridine rings is 1. The average Bonchev–Trinajstić information content (AvgIpc) is 2.44. The Morgan fingerprint density at radius 2 is 2.00 bits per heavy atom. The summed E-state index contributed by atoms with van der Waals surface area (Å²) in [6.07, 6.45) is 1.84. The van der Waals surface area contributed by atoms with Gasteiger partial charge in [0.15, 0.2) is 0 Å². The summed E-state index contributed by atoms with van der Waals surface area (Å²) in [6, 6.07) is 4.13. The molecule has 0 unspecified atom stereocenters. The smallest absolute Gasteiger partial charge is 0.137 e. The summed E-state index contributed by atoms with van der Waals surface area (Å²) in [5.41, 5.74) is 2.41. The number of aromatic nitrogens is 2. The van der Waals surface area contributed by atoms with E-state index in [4.69, 9.17) is 0 Å². The van der Waals surface area contributed by atoms with Gasteiger partial charge in [-0.05, 0) is 24.6 Å². The van der Waals surface area contributed by atoms with Crippen molar-refractivity contribution in [2.24, 2.45) is 0 Å². The van der Waals surface area contributed by atoms with E-state index < -0.39 is 8.07 Å². The first-order chi connectivity index (χ1) is 6.50. The second-order valence-electron chi connectivity index (χ2n) is 4.77. The molecule has 2 rings (SSSR count). The highest BCUT2D eigenvalue weighted by molar-refractivity contribution is 6.88. The Labute approximate surface area is 85.4 Å². The van der Waals surface area contributed by atoms with Gasteiger partial charge in [-0.2, -0.15) is 0 Å². The van der Waals surface area contributed by atoms with Gasteiger partial charge in [0.1, 0.15) is 5.65 Å². The van der Waals surface area contributed by atoms with Crippen molar-refractivity contribution in [3.8, 4) is 0 Å². The molecule has 0 amide bonds. The molecule has 2 nitrogen and oxygen atoms in total. The summed E-state index contributed by atoms with van der Waals surface area (Å²) in [5, 5.41) is 2.69. The number of aryl methyl sites for hydroxylation is 1. The SMILES string of the molecule is Cc1c([Si](C)(C)C)[nH]c2ncccc12. The van der Waals surface area contributed by atoms with E-state index in [9.17, 15) is 0 Å². The van der Waals surface area contributed by atoms with Crippen molar-refractivity contribution < 1.29 is 0 Å². The van der Waals surface area contributed by atoms with E-state index in [0.717, 1.165) is 5.65 Å². The molecule has 3 heteroatoms. The molecule has 0 atom stereocenters. The molecular formula is C11H16N2Si. The van der Waals surface area contributed by atoms with Crippen molar-refractivity contribution in [2.75, 3.05) is 0 Å². The highest BCUT2D eigenvalue weighted by Gasteiger charge is 2.22. The van der Waals surface area contributed by atoms with Crippen LogP contribution in [0, 0.1) is 6.92 Å². The van der Waals surface area contributed by atoms with Crippen molar-refractivity contribution in [3.63, 3.8) is 0 Å². The maximum absolute atomic E-state index is 4.34. The fourth-order valence-electron chi connectivity index (χ4n) is 1.90. The molecule has 0 aliphatic heterocycles. The molecule has 2 heterocycles. The summed E-state index contributed by atoms with van der Waals surface area (Å²) in [7, 11) is -1.26. The fourth-order valence-corrected chi connectivity index (χ4v) is 3.66. The lowest BCUT2D eigenvalue weighted by atomic mass is 10.2. The van der Waals surface area contributed by atoms with Crippen LogP contribution < -0.4 is 5.32 Å². The monoisotopic (exact) mass is 204 g/mol. The molecule has 2 aromatic rings. The lowest BCUT2D eigenvalue weighted by Gasteiger charge is -2.15. The van der Waals surface area contributed by atoms with Crippen LogP contribution in [-0.2, 0) is 0 Å². The zero-order chi connectivity index (χ0) is 10.3. The van der Waals surface area contributed by atoms with Gasteiger partial charge in [0.05, 0.1) is 8.07 Å². The first-order valence-corrected chi connectivity index (χ1v) is 8.44. The van der Waals surface area contributed by atoms with E-state index in [0.29, 0.717) is 0 Å². The zero-order valence-electron chi connectivity index (χ0n) is 9.18. The van der Waals surface area contributed by atoms with Crippen molar-refractivity contribution in [3.05, 3.63) is 23.9 Å². The molecule has 0 aliphatic carbocycles. The summed E-state index contributed by atoms with van der Waals surface area (Å²) in [4.78, 5) is 7.80. The largest absolute Gasteiger partial charge is 0.347 e. The molecule has 14 heavy (non-hydrogen) atoms. The predicted octanol–water partition coefficient (Wildman–Crippen LogP) is 2.42. The third-order valence-electron chi connectivity index (χ3n) is 2.58. The second kappa shape index (κ2) is 2.95. The van der Waals surface area contributed by atoms with Crippen LogP contribution in [0.1, 0.15) is 5.56 Å². The summed E-state index contributed by atoms with van der Waals surface area (Å²) in [5.74, 6) is 0. The average molecular weight is 204 g/mol. The van der Waals surface area contributed by atoms with Gasteiger partial charge < -0.3 is 4.98 Å². The Morgan fingerprint density at radius 1 is 1.29 bits per heavy atom. The van der Waals surface area contributed by atoms with Crippen LogP contribution in [0.5, 0.6) is 0 Å². The fraction of sp³-hybridized carbons (Fsp3) is 0.364. The van der Waals surface area contributed by atoms with Gasteiger partial charge in [0.2, 0.25) is 0 Å². The Morgan fingerprint density at radius 3 is 2.57 bits per heavy atom. The summed E-state index contributed by atoms with van der Waals surface area (Å²) >= 11 is 0. The third kappa shape index (κ3) is 1.37. The van der Waals surface area contributed by atoms with Crippen LogP contribution in [0.4, 0.5) is 0 Å². The lowest BCUT2D eigenvalue weighted by molar-refractivity contribution is 1.34. The van der Waals surface area contributed by atoms with E-state index in [1.807, 2.05) is 12.3 Å². The highest BCUT2D eigenvalue weighted by atomic mass is 28.3. The van der Waals surface area contributed by atoms with Gasteiger partial charge in [0, 0.05) is 16.9 Å². The first-order valence-electron chi connectivity index (χ1n) is 4.94. The number of nitrogens with one attached hydrogen (secondary N) is 1. The van der Waals surface area contributed by atoms with Crippen LogP contribution in [-0.4, -0.2) is 18.0 Å². The minimum Gasteiger partial charge on any atom is -0.347 e. The first kappa shape index (κ1) is 9.46. The normalized spacial score (nSPS) is 12.3. The Kier molecular flexibility index (Phi) is 1.99. The van der Waals surface area contributed by atoms with E-state index in [2.05, 4.69) is 42.6 Å². The van der Waals surface area contributed by atoms with E-state index in [-0.39, 0.29) is 0 Å². The molecule has 0 fully saturated rings. The molecule has 2 aromatic heterocycles. The van der Waals surface area contributed by atoms with E-state index in [1.54, 1.807) is 0 Å². The summed E-state index contributed by atoms with van der Waals surface area (Å²) < 4.78 is 0. The molecule has 1 N–H and O–H groups in total. The number of hydrogen-bond donors (Lipinski definition) is 1. The molecule has 0 radical (unpaired) electrons. The second-order valence-corrected chi connectivity index (χ2v) is 9.77. The van der Waals surface area contributed by atoms with Crippen molar-refractivity contribution in [1.82, 2.24) is 9.97 Å². The molecular weight excluding hydrogens is 188 g/mol. The predicted molar refractivity (Wildman–Crippen MR) is 63.8 cm³/mol. The van der Waals surface area contributed by atoms with Crippen LogP contribution in [0.2, 0.25) is 19.6 Å². The maximum atomic E-state index is 4.34. The Balaban J connectivity index is 2.75. The van der Waals surface area contributed by atoms with E-state index >= 15 is 0 Å². The van der Waals surface area contributed by atoms with E-state index in [1.165, 1.54) is 16.3 Å². The third-order valence-corrected chi connectivity index (χ3v) is 4.58. The molecule has 0 aliphatic rings. The number of H-pyrrole nitrogens is 1. The van der Waals surface area contributed by atoms with Gasteiger partial charge >= 0.3 is 0 Å². The lowest BCUT2D eigenvalue weighted by Crippen LogP contribution is -2.40. The maximum Gasteiger partial charge on any atom is 0.137 e. The number of rotatable bonds is 1. The minimum atomic E-state index is -1.26. The Bertz CT molecular complexity index is 466. The van der Waals surface area contributed by atoms with Crippen LogP contribution >= 0.6 is 0 Å². The van der Waals surface area contributed by atoms with Crippen LogP contribution in [0.15, 0.2) is 18.3 Å². The zero-order valence-corrected chi connectivity index (χ0v) is 10.2. The highest BCUT2D eigenvalue weighted by Crippen LogP contribution is 2.16.